The highest BCUT2D eigenvalue weighted by Gasteiger charge is 2.18. The molecule has 0 aliphatic rings. The maximum absolute atomic E-state index is 12.2. The number of nitrogens with one attached hydrogen (secondary N) is 1. The predicted molar refractivity (Wildman–Crippen MR) is 77.6 cm³/mol. The summed E-state index contributed by atoms with van der Waals surface area (Å²) in [5.41, 5.74) is 0.683. The molecule has 0 bridgehead atoms. The van der Waals surface area contributed by atoms with Gasteiger partial charge in [0.2, 0.25) is 5.75 Å². The van der Waals surface area contributed by atoms with E-state index in [0.29, 0.717) is 10.9 Å². The van der Waals surface area contributed by atoms with Crippen LogP contribution in [0.5, 0.6) is 11.5 Å². The number of ether oxygens (including phenoxy) is 1. The van der Waals surface area contributed by atoms with Crippen molar-refractivity contribution in [3.8, 4) is 11.5 Å². The zero-order valence-electron chi connectivity index (χ0n) is 11.3. The van der Waals surface area contributed by atoms with Gasteiger partial charge in [-0.15, -0.1) is 4.73 Å². The van der Waals surface area contributed by atoms with Crippen LogP contribution < -0.4 is 20.5 Å². The van der Waals surface area contributed by atoms with E-state index in [1.807, 2.05) is 0 Å². The van der Waals surface area contributed by atoms with Crippen LogP contribution in [-0.2, 0) is 0 Å². The predicted octanol–water partition coefficient (Wildman–Crippen LogP) is 1.37. The standard InChI is InChI=1S/C14H16N2O4/c1-4-7-20-13-12(17)10-6-5-9(15-2)8-11(10)16(19-3)14(13)18/h4-6,8,15,17H,1,7H2,2-3H3. The van der Waals surface area contributed by atoms with Gasteiger partial charge in [0.15, 0.2) is 5.75 Å². The van der Waals surface area contributed by atoms with Gasteiger partial charge in [-0.05, 0) is 18.2 Å². The molecular formula is C14H16N2O4. The lowest BCUT2D eigenvalue weighted by molar-refractivity contribution is 0.163. The molecule has 0 saturated carbocycles. The van der Waals surface area contributed by atoms with Crippen LogP contribution in [0, 0.1) is 0 Å². The molecule has 0 amide bonds. The maximum atomic E-state index is 12.2. The van der Waals surface area contributed by atoms with E-state index in [-0.39, 0.29) is 18.1 Å². The molecule has 0 fully saturated rings. The second-order valence-electron chi connectivity index (χ2n) is 4.04. The molecule has 1 aromatic carbocycles. The zero-order chi connectivity index (χ0) is 14.7. The smallest absolute Gasteiger partial charge is 0.329 e. The van der Waals surface area contributed by atoms with Crippen molar-refractivity contribution in [2.45, 2.75) is 0 Å². The summed E-state index contributed by atoms with van der Waals surface area (Å²) in [5, 5.41) is 13.6. The van der Waals surface area contributed by atoms with Crippen molar-refractivity contribution in [1.29, 1.82) is 0 Å². The Kier molecular flexibility index (Phi) is 3.84. The lowest BCUT2D eigenvalue weighted by atomic mass is 10.1. The highest BCUT2D eigenvalue weighted by molar-refractivity contribution is 5.89. The molecule has 0 unspecified atom stereocenters. The van der Waals surface area contributed by atoms with E-state index >= 15 is 0 Å². The van der Waals surface area contributed by atoms with Gasteiger partial charge in [-0.25, -0.2) is 0 Å². The molecule has 2 rings (SSSR count). The minimum absolute atomic E-state index is 0.118. The lowest BCUT2D eigenvalue weighted by Crippen LogP contribution is -2.26. The summed E-state index contributed by atoms with van der Waals surface area (Å²) in [6, 6.07) is 5.17. The summed E-state index contributed by atoms with van der Waals surface area (Å²) >= 11 is 0. The van der Waals surface area contributed by atoms with Crippen molar-refractivity contribution < 1.29 is 14.7 Å². The molecule has 1 heterocycles. The van der Waals surface area contributed by atoms with Gasteiger partial charge >= 0.3 is 5.56 Å². The van der Waals surface area contributed by atoms with Gasteiger partial charge in [0.25, 0.3) is 0 Å². The molecule has 6 nitrogen and oxygen atoms in total. The van der Waals surface area contributed by atoms with E-state index < -0.39 is 5.56 Å². The molecule has 0 spiro atoms. The average Bonchev–Trinajstić information content (AvgIpc) is 2.47. The highest BCUT2D eigenvalue weighted by Crippen LogP contribution is 2.32. The van der Waals surface area contributed by atoms with Crippen molar-refractivity contribution in [2.24, 2.45) is 0 Å². The summed E-state index contributed by atoms with van der Waals surface area (Å²) in [6.45, 7) is 3.63. The summed E-state index contributed by atoms with van der Waals surface area (Å²) in [4.78, 5) is 17.3. The molecule has 0 aliphatic carbocycles. The Labute approximate surface area is 115 Å². The summed E-state index contributed by atoms with van der Waals surface area (Å²) in [6.07, 6.45) is 1.49. The van der Waals surface area contributed by atoms with Crippen LogP contribution in [0.4, 0.5) is 5.69 Å². The van der Waals surface area contributed by atoms with Gasteiger partial charge in [0.1, 0.15) is 13.7 Å². The maximum Gasteiger partial charge on any atom is 0.329 e. The van der Waals surface area contributed by atoms with Gasteiger partial charge in [-0.3, -0.25) is 4.79 Å². The number of aromatic nitrogens is 1. The van der Waals surface area contributed by atoms with Crippen LogP contribution in [0.15, 0.2) is 35.6 Å². The fourth-order valence-electron chi connectivity index (χ4n) is 1.93. The van der Waals surface area contributed by atoms with Gasteiger partial charge in [-0.1, -0.05) is 12.7 Å². The number of hydrogen-bond donors (Lipinski definition) is 2. The number of hydrogen-bond acceptors (Lipinski definition) is 5. The molecule has 0 aliphatic heterocycles. The Bertz CT molecular complexity index is 706. The van der Waals surface area contributed by atoms with E-state index in [2.05, 4.69) is 11.9 Å². The van der Waals surface area contributed by atoms with Crippen molar-refractivity contribution in [3.05, 3.63) is 41.2 Å². The number of benzene rings is 1. The second kappa shape index (κ2) is 5.56. The lowest BCUT2D eigenvalue weighted by Gasteiger charge is -2.14. The van der Waals surface area contributed by atoms with Crippen molar-refractivity contribution in [3.63, 3.8) is 0 Å². The van der Waals surface area contributed by atoms with Crippen LogP contribution in [0.3, 0.4) is 0 Å². The monoisotopic (exact) mass is 276 g/mol. The van der Waals surface area contributed by atoms with Crippen LogP contribution in [-0.4, -0.2) is 30.6 Å². The minimum Gasteiger partial charge on any atom is -0.504 e. The summed E-state index contributed by atoms with van der Waals surface area (Å²) in [5.74, 6) is -0.362. The Morgan fingerprint density at radius 1 is 1.50 bits per heavy atom. The van der Waals surface area contributed by atoms with Crippen LogP contribution in [0.25, 0.3) is 10.9 Å². The second-order valence-corrected chi connectivity index (χ2v) is 4.04. The Hall–Kier alpha value is -2.63. The average molecular weight is 276 g/mol. The van der Waals surface area contributed by atoms with E-state index in [9.17, 15) is 9.90 Å². The van der Waals surface area contributed by atoms with E-state index in [4.69, 9.17) is 9.57 Å². The van der Waals surface area contributed by atoms with Crippen LogP contribution >= 0.6 is 0 Å². The van der Waals surface area contributed by atoms with Gasteiger partial charge in [0, 0.05) is 18.1 Å². The van der Waals surface area contributed by atoms with E-state index in [1.54, 1.807) is 25.2 Å². The molecule has 106 valence electrons. The summed E-state index contributed by atoms with van der Waals surface area (Å²) < 4.78 is 6.30. The third kappa shape index (κ3) is 2.16. The summed E-state index contributed by atoms with van der Waals surface area (Å²) in [7, 11) is 3.14. The fourth-order valence-corrected chi connectivity index (χ4v) is 1.93. The number of rotatable bonds is 5. The van der Waals surface area contributed by atoms with Gasteiger partial charge in [0.05, 0.1) is 5.52 Å². The van der Waals surface area contributed by atoms with Crippen LogP contribution in [0.1, 0.15) is 0 Å². The Morgan fingerprint density at radius 2 is 2.25 bits per heavy atom. The molecule has 20 heavy (non-hydrogen) atoms. The molecule has 2 N–H and O–H groups in total. The third-order valence-corrected chi connectivity index (χ3v) is 2.88. The number of aromatic hydroxyl groups is 1. The highest BCUT2D eigenvalue weighted by atomic mass is 16.7. The van der Waals surface area contributed by atoms with Crippen molar-refractivity contribution in [2.75, 3.05) is 26.1 Å². The molecule has 2 aromatic rings. The quantitative estimate of drug-likeness (QED) is 0.807. The third-order valence-electron chi connectivity index (χ3n) is 2.88. The Morgan fingerprint density at radius 3 is 2.85 bits per heavy atom. The minimum atomic E-state index is -0.562. The van der Waals surface area contributed by atoms with Crippen LogP contribution in [0.2, 0.25) is 0 Å². The largest absolute Gasteiger partial charge is 0.504 e. The fraction of sp³-hybridized carbons (Fsp3) is 0.214. The number of anilines is 1. The molecule has 0 atom stereocenters. The van der Waals surface area contributed by atoms with E-state index in [0.717, 1.165) is 10.4 Å². The number of fused-ring (bicyclic) bond motifs is 1. The van der Waals surface area contributed by atoms with Crippen molar-refractivity contribution in [1.82, 2.24) is 4.73 Å². The molecule has 6 heteroatoms. The first kappa shape index (κ1) is 13.8. The van der Waals surface area contributed by atoms with Gasteiger partial charge < -0.3 is 20.0 Å². The zero-order valence-corrected chi connectivity index (χ0v) is 11.3. The number of pyridine rings is 1. The molecule has 0 saturated heterocycles. The molecular weight excluding hydrogens is 260 g/mol. The first-order valence-corrected chi connectivity index (χ1v) is 6.01. The van der Waals surface area contributed by atoms with E-state index in [1.165, 1.54) is 13.2 Å². The normalized spacial score (nSPS) is 10.3. The first-order chi connectivity index (χ1) is 9.63. The Balaban J connectivity index is 2.79. The van der Waals surface area contributed by atoms with Gasteiger partial charge in [-0.2, -0.15) is 0 Å². The van der Waals surface area contributed by atoms with Crippen molar-refractivity contribution >= 4 is 16.6 Å². The molecule has 1 aromatic heterocycles. The first-order valence-electron chi connectivity index (χ1n) is 6.01. The topological polar surface area (TPSA) is 72.7 Å². The molecule has 0 radical (unpaired) electrons. The number of nitrogens with zero attached hydrogens (tertiary/aromatic N) is 1. The SMILES string of the molecule is C=CCOc1c(O)c2ccc(NC)cc2n(OC)c1=O.